The van der Waals surface area contributed by atoms with Gasteiger partial charge in [0.05, 0.1) is 11.1 Å². The average molecular weight is 610 g/mol. The SMILES string of the molecule is Cc1ccc(C(=O)N2CCC(Oc3cc(NC(=O)c4ccc(CN5CCN(C)CC5)c(C(F)(F)F)c4)ccc3C)CC2)cn1. The van der Waals surface area contributed by atoms with Gasteiger partial charge in [0.15, 0.2) is 0 Å². The zero-order valence-electron chi connectivity index (χ0n) is 25.3. The van der Waals surface area contributed by atoms with E-state index in [1.54, 1.807) is 35.4 Å². The van der Waals surface area contributed by atoms with Crippen molar-refractivity contribution >= 4 is 17.5 Å². The highest BCUT2D eigenvalue weighted by atomic mass is 19.4. The summed E-state index contributed by atoms with van der Waals surface area (Å²) in [6.45, 7) is 8.00. The molecule has 234 valence electrons. The van der Waals surface area contributed by atoms with Gasteiger partial charge in [0, 0.05) is 87.9 Å². The van der Waals surface area contributed by atoms with Crippen LogP contribution >= 0.6 is 0 Å². The molecule has 2 fully saturated rings. The average Bonchev–Trinajstić information content (AvgIpc) is 3.00. The minimum Gasteiger partial charge on any atom is -0.490 e. The molecule has 0 unspecified atom stereocenters. The quantitative estimate of drug-likeness (QED) is 0.387. The van der Waals surface area contributed by atoms with Crippen LogP contribution in [0.15, 0.2) is 54.7 Å². The molecule has 1 aromatic heterocycles. The number of aromatic nitrogens is 1. The van der Waals surface area contributed by atoms with E-state index in [9.17, 15) is 22.8 Å². The third kappa shape index (κ3) is 7.75. The summed E-state index contributed by atoms with van der Waals surface area (Å²) in [6.07, 6.45) is -1.83. The highest BCUT2D eigenvalue weighted by Gasteiger charge is 2.35. The van der Waals surface area contributed by atoms with Crippen molar-refractivity contribution in [3.05, 3.63) is 88.2 Å². The molecule has 0 saturated carbocycles. The summed E-state index contributed by atoms with van der Waals surface area (Å²) in [6, 6.07) is 12.6. The lowest BCUT2D eigenvalue weighted by molar-refractivity contribution is -0.138. The number of hydrogen-bond donors (Lipinski definition) is 1. The maximum absolute atomic E-state index is 14.0. The summed E-state index contributed by atoms with van der Waals surface area (Å²) < 4.78 is 48.3. The molecule has 8 nitrogen and oxygen atoms in total. The number of alkyl halides is 3. The number of rotatable bonds is 7. The van der Waals surface area contributed by atoms with Gasteiger partial charge in [-0.2, -0.15) is 13.2 Å². The summed E-state index contributed by atoms with van der Waals surface area (Å²) in [4.78, 5) is 36.1. The molecule has 2 aromatic carbocycles. The van der Waals surface area contributed by atoms with Gasteiger partial charge in [0.25, 0.3) is 11.8 Å². The molecule has 2 amide bonds. The third-order valence-corrected chi connectivity index (χ3v) is 8.29. The molecule has 0 radical (unpaired) electrons. The van der Waals surface area contributed by atoms with Crippen LogP contribution in [0.25, 0.3) is 0 Å². The zero-order valence-corrected chi connectivity index (χ0v) is 25.3. The lowest BCUT2D eigenvalue weighted by Crippen LogP contribution is -2.44. The molecule has 1 N–H and O–H groups in total. The Balaban J connectivity index is 1.21. The number of benzene rings is 2. The van der Waals surface area contributed by atoms with Crippen LogP contribution < -0.4 is 10.1 Å². The lowest BCUT2D eigenvalue weighted by Gasteiger charge is -2.33. The van der Waals surface area contributed by atoms with E-state index in [1.165, 1.54) is 12.1 Å². The van der Waals surface area contributed by atoms with Crippen molar-refractivity contribution in [3.63, 3.8) is 0 Å². The first-order valence-electron chi connectivity index (χ1n) is 14.9. The van der Waals surface area contributed by atoms with Gasteiger partial charge in [-0.3, -0.25) is 19.5 Å². The van der Waals surface area contributed by atoms with Gasteiger partial charge in [-0.1, -0.05) is 12.1 Å². The molecule has 11 heteroatoms. The second kappa shape index (κ2) is 13.4. The number of halogens is 3. The predicted octanol–water partition coefficient (Wildman–Crippen LogP) is 5.40. The molecular weight excluding hydrogens is 571 g/mol. The Morgan fingerprint density at radius 2 is 1.64 bits per heavy atom. The van der Waals surface area contributed by atoms with E-state index in [2.05, 4.69) is 15.2 Å². The second-order valence-corrected chi connectivity index (χ2v) is 11.7. The maximum Gasteiger partial charge on any atom is 0.416 e. The van der Waals surface area contributed by atoms with Gasteiger partial charge in [0.2, 0.25) is 0 Å². The van der Waals surface area contributed by atoms with Crippen molar-refractivity contribution in [1.29, 1.82) is 0 Å². The number of likely N-dealkylation sites (tertiary alicyclic amines) is 1. The lowest BCUT2D eigenvalue weighted by atomic mass is 10.0. The van der Waals surface area contributed by atoms with Crippen molar-refractivity contribution in [1.82, 2.24) is 19.7 Å². The molecule has 0 atom stereocenters. The summed E-state index contributed by atoms with van der Waals surface area (Å²) in [5, 5.41) is 2.73. The van der Waals surface area contributed by atoms with Gasteiger partial charge in [0.1, 0.15) is 11.9 Å². The molecular formula is C33H38F3N5O3. The topological polar surface area (TPSA) is 78.0 Å². The van der Waals surface area contributed by atoms with Crippen molar-refractivity contribution < 1.29 is 27.5 Å². The van der Waals surface area contributed by atoms with Gasteiger partial charge >= 0.3 is 6.18 Å². The predicted molar refractivity (Wildman–Crippen MR) is 162 cm³/mol. The Hall–Kier alpha value is -3.96. The largest absolute Gasteiger partial charge is 0.490 e. The van der Waals surface area contributed by atoms with Crippen LogP contribution in [0.5, 0.6) is 5.75 Å². The minimum atomic E-state index is -4.58. The second-order valence-electron chi connectivity index (χ2n) is 11.7. The Kier molecular flexibility index (Phi) is 9.55. The molecule has 0 spiro atoms. The Morgan fingerprint density at radius 1 is 0.932 bits per heavy atom. The monoisotopic (exact) mass is 609 g/mol. The fourth-order valence-electron chi connectivity index (χ4n) is 5.51. The first-order chi connectivity index (χ1) is 21.0. The van der Waals surface area contributed by atoms with E-state index >= 15 is 0 Å². The maximum atomic E-state index is 14.0. The molecule has 5 rings (SSSR count). The first-order valence-corrected chi connectivity index (χ1v) is 14.9. The van der Waals surface area contributed by atoms with E-state index < -0.39 is 17.6 Å². The normalized spacial score (nSPS) is 17.0. The van der Waals surface area contributed by atoms with Crippen LogP contribution in [0, 0.1) is 13.8 Å². The highest BCUT2D eigenvalue weighted by Crippen LogP contribution is 2.34. The van der Waals surface area contributed by atoms with Crippen molar-refractivity contribution in [2.24, 2.45) is 0 Å². The fraction of sp³-hybridized carbons (Fsp3) is 0.424. The molecule has 0 aliphatic carbocycles. The van der Waals surface area contributed by atoms with Crippen LogP contribution in [-0.2, 0) is 12.7 Å². The number of piperidine rings is 1. The first kappa shape index (κ1) is 31.5. The van der Waals surface area contributed by atoms with Gasteiger partial charge < -0.3 is 19.9 Å². The summed E-state index contributed by atoms with van der Waals surface area (Å²) >= 11 is 0. The number of likely N-dealkylation sites (N-methyl/N-ethyl adjacent to an activating group) is 1. The molecule has 2 aliphatic heterocycles. The number of piperazine rings is 1. The Morgan fingerprint density at radius 3 is 2.30 bits per heavy atom. The highest BCUT2D eigenvalue weighted by molar-refractivity contribution is 6.04. The van der Waals surface area contributed by atoms with Crippen LogP contribution in [0.3, 0.4) is 0 Å². The van der Waals surface area contributed by atoms with Crippen molar-refractivity contribution in [3.8, 4) is 5.75 Å². The summed E-state index contributed by atoms with van der Waals surface area (Å²) in [7, 11) is 1.99. The van der Waals surface area contributed by atoms with Gasteiger partial charge in [-0.25, -0.2) is 0 Å². The molecule has 2 aliphatic rings. The number of hydrogen-bond acceptors (Lipinski definition) is 6. The minimum absolute atomic E-state index is 0.0575. The number of nitrogens with zero attached hydrogens (tertiary/aromatic N) is 4. The standard InChI is InChI=1S/C33H38F3N5O3/c1-22-4-9-27(19-30(22)44-28-10-12-41(13-11-28)32(43)25-6-5-23(2)37-20-25)38-31(42)24-7-8-26(29(18-24)33(34,35)36)21-40-16-14-39(3)15-17-40/h4-9,18-20,28H,10-17,21H2,1-3H3,(H,38,42). The molecule has 0 bridgehead atoms. The van der Waals surface area contributed by atoms with Crippen LogP contribution in [0.1, 0.15) is 55.9 Å². The van der Waals surface area contributed by atoms with Gasteiger partial charge in [-0.15, -0.1) is 0 Å². The molecule has 44 heavy (non-hydrogen) atoms. The van der Waals surface area contributed by atoms with E-state index in [0.29, 0.717) is 56.0 Å². The summed E-state index contributed by atoms with van der Waals surface area (Å²) in [5.41, 5.74) is 1.99. The number of aryl methyl sites for hydroxylation is 2. The molecule has 3 heterocycles. The molecule has 3 aromatic rings. The smallest absolute Gasteiger partial charge is 0.416 e. The third-order valence-electron chi connectivity index (χ3n) is 8.29. The van der Waals surface area contributed by atoms with Crippen LogP contribution in [0.2, 0.25) is 0 Å². The number of anilines is 1. The Bertz CT molecular complexity index is 1480. The number of carbonyl (C=O) groups excluding carboxylic acids is 2. The molecule has 2 saturated heterocycles. The number of ether oxygens (including phenoxy) is 1. The zero-order chi connectivity index (χ0) is 31.4. The number of amides is 2. The van der Waals surface area contributed by atoms with Crippen LogP contribution in [-0.4, -0.2) is 83.9 Å². The van der Waals surface area contributed by atoms with E-state index in [1.807, 2.05) is 31.9 Å². The van der Waals surface area contributed by atoms with Crippen molar-refractivity contribution in [2.75, 3.05) is 51.6 Å². The van der Waals surface area contributed by atoms with Crippen LogP contribution in [0.4, 0.5) is 18.9 Å². The Labute approximate surface area is 255 Å². The van der Waals surface area contributed by atoms with E-state index in [-0.39, 0.29) is 29.7 Å². The van der Waals surface area contributed by atoms with Crippen molar-refractivity contribution in [2.45, 2.75) is 45.5 Å². The number of nitrogens with one attached hydrogen (secondary N) is 1. The summed E-state index contributed by atoms with van der Waals surface area (Å²) in [5.74, 6) is -0.111. The van der Waals surface area contributed by atoms with E-state index in [0.717, 1.165) is 30.4 Å². The number of pyridine rings is 1. The number of carbonyl (C=O) groups is 2. The fourth-order valence-corrected chi connectivity index (χ4v) is 5.51. The van der Waals surface area contributed by atoms with E-state index in [4.69, 9.17) is 4.74 Å². The van der Waals surface area contributed by atoms with Gasteiger partial charge in [-0.05, 0) is 62.4 Å².